The lowest BCUT2D eigenvalue weighted by Gasteiger charge is -2.61. The number of aliphatic hydroxyl groups excluding tert-OH is 1. The lowest BCUT2D eigenvalue weighted by Crippen LogP contribution is -2.54. The van der Waals surface area contributed by atoms with Gasteiger partial charge in [0.15, 0.2) is 0 Å². The Morgan fingerprint density at radius 1 is 1.03 bits per heavy atom. The average Bonchev–Trinajstić information content (AvgIpc) is 3.13. The molecule has 5 nitrogen and oxygen atoms in total. The molecule has 188 valence electrons. The number of rotatable bonds is 7. The molecule has 0 aromatic heterocycles. The molecule has 0 aromatic carbocycles. The van der Waals surface area contributed by atoms with E-state index < -0.39 is 12.0 Å². The van der Waals surface area contributed by atoms with Gasteiger partial charge < -0.3 is 15.5 Å². The normalized spacial score (nSPS) is 44.2. The Morgan fingerprint density at radius 3 is 2.42 bits per heavy atom. The fourth-order valence-electron chi connectivity index (χ4n) is 9.22. The van der Waals surface area contributed by atoms with Crippen molar-refractivity contribution < 1.29 is 19.8 Å². The van der Waals surface area contributed by atoms with E-state index in [1.54, 1.807) is 0 Å². The number of hydrogen-bond donors (Lipinski definition) is 4. The van der Waals surface area contributed by atoms with Crippen molar-refractivity contribution >= 4 is 24.5 Å². The first-order chi connectivity index (χ1) is 15.6. The highest BCUT2D eigenvalue weighted by molar-refractivity contribution is 7.80. The SMILES string of the molecule is CC(CCC(=O)NC(CS)C(=O)O)[C@H]1CC[C@H]2[C@@H]3CC[C@@H]4C[C@H](O)CC[C@]4(C)[C@H]3CC[C@]12C. The van der Waals surface area contributed by atoms with E-state index in [-0.39, 0.29) is 17.8 Å². The van der Waals surface area contributed by atoms with Crippen LogP contribution in [-0.2, 0) is 9.59 Å². The zero-order valence-corrected chi connectivity index (χ0v) is 21.7. The van der Waals surface area contributed by atoms with Gasteiger partial charge in [-0.25, -0.2) is 4.79 Å². The first kappa shape index (κ1) is 25.3. The van der Waals surface area contributed by atoms with Gasteiger partial charge in [-0.1, -0.05) is 20.8 Å². The number of thiol groups is 1. The van der Waals surface area contributed by atoms with Gasteiger partial charge in [0.2, 0.25) is 5.91 Å². The van der Waals surface area contributed by atoms with Gasteiger partial charge in [0.25, 0.3) is 0 Å². The summed E-state index contributed by atoms with van der Waals surface area (Å²) in [6, 6.07) is -0.905. The molecule has 4 rings (SSSR count). The fraction of sp³-hybridized carbons (Fsp3) is 0.926. The van der Waals surface area contributed by atoms with Crippen molar-refractivity contribution in [1.29, 1.82) is 0 Å². The molecule has 4 aliphatic carbocycles. The predicted octanol–water partition coefficient (Wildman–Crippen LogP) is 4.92. The Morgan fingerprint density at radius 2 is 1.73 bits per heavy atom. The maximum absolute atomic E-state index is 12.4. The number of carbonyl (C=O) groups excluding carboxylic acids is 1. The number of fused-ring (bicyclic) bond motifs is 5. The lowest BCUT2D eigenvalue weighted by molar-refractivity contribution is -0.141. The molecule has 3 N–H and O–H groups in total. The summed E-state index contributed by atoms with van der Waals surface area (Å²) in [5.74, 6) is 3.18. The van der Waals surface area contributed by atoms with Gasteiger partial charge in [0.05, 0.1) is 6.10 Å². The highest BCUT2D eigenvalue weighted by Crippen LogP contribution is 2.68. The molecule has 0 radical (unpaired) electrons. The van der Waals surface area contributed by atoms with Crippen LogP contribution in [0.2, 0.25) is 0 Å². The van der Waals surface area contributed by atoms with Gasteiger partial charge in [-0.15, -0.1) is 0 Å². The second-order valence-corrected chi connectivity index (χ2v) is 12.8. The third-order valence-corrected chi connectivity index (χ3v) is 11.4. The minimum atomic E-state index is -1.02. The molecule has 6 heteroatoms. The summed E-state index contributed by atoms with van der Waals surface area (Å²) >= 11 is 4.04. The van der Waals surface area contributed by atoms with E-state index in [0.29, 0.717) is 35.0 Å². The van der Waals surface area contributed by atoms with Gasteiger partial charge in [-0.2, -0.15) is 12.6 Å². The summed E-state index contributed by atoms with van der Waals surface area (Å²) in [5.41, 5.74) is 0.780. The summed E-state index contributed by atoms with van der Waals surface area (Å²) in [4.78, 5) is 23.5. The molecule has 0 aromatic rings. The Bertz CT molecular complexity index is 746. The zero-order chi connectivity index (χ0) is 24.0. The number of carboxylic acids is 1. The van der Waals surface area contributed by atoms with Gasteiger partial charge in [-0.3, -0.25) is 4.79 Å². The highest BCUT2D eigenvalue weighted by Gasteiger charge is 2.60. The molecule has 4 fully saturated rings. The van der Waals surface area contributed by atoms with E-state index in [4.69, 9.17) is 5.11 Å². The van der Waals surface area contributed by atoms with E-state index in [9.17, 15) is 14.7 Å². The molecule has 10 atom stereocenters. The number of amides is 1. The molecule has 2 unspecified atom stereocenters. The maximum atomic E-state index is 12.4. The van der Waals surface area contributed by atoms with Gasteiger partial charge in [-0.05, 0) is 111 Å². The van der Waals surface area contributed by atoms with E-state index in [1.807, 2.05) is 0 Å². The molecule has 0 spiro atoms. The van der Waals surface area contributed by atoms with Crippen LogP contribution < -0.4 is 5.32 Å². The molecule has 0 saturated heterocycles. The third kappa shape index (κ3) is 4.60. The molecular formula is C27H45NO4S. The highest BCUT2D eigenvalue weighted by atomic mass is 32.1. The minimum Gasteiger partial charge on any atom is -0.480 e. The molecule has 4 saturated carbocycles. The smallest absolute Gasteiger partial charge is 0.327 e. The topological polar surface area (TPSA) is 86.6 Å². The summed E-state index contributed by atoms with van der Waals surface area (Å²) in [6.45, 7) is 7.40. The van der Waals surface area contributed by atoms with Crippen molar-refractivity contribution in [2.24, 2.45) is 46.3 Å². The summed E-state index contributed by atoms with van der Waals surface area (Å²) in [7, 11) is 0. The number of aliphatic hydroxyl groups is 1. The third-order valence-electron chi connectivity index (χ3n) is 11.0. The molecule has 4 aliphatic rings. The standard InChI is InChI=1S/C27H45NO4S/c1-16(4-9-24(30)28-23(15-33)25(31)32)20-7-8-21-19-6-5-17-14-18(29)10-12-26(17,2)22(19)11-13-27(20,21)3/h16-23,29,33H,4-15H2,1-3H3,(H,28,30)(H,31,32)/t16?,17-,18-,19+,20-,21+,22+,23?,26+,27-/m1/s1. The second kappa shape index (κ2) is 9.72. The van der Waals surface area contributed by atoms with E-state index in [0.717, 1.165) is 37.0 Å². The Kier molecular flexibility index (Phi) is 7.46. The minimum absolute atomic E-state index is 0.0825. The first-order valence-corrected chi connectivity index (χ1v) is 14.0. The van der Waals surface area contributed by atoms with Crippen LogP contribution in [0.25, 0.3) is 0 Å². The van der Waals surface area contributed by atoms with Crippen LogP contribution in [0.4, 0.5) is 0 Å². The number of nitrogens with one attached hydrogen (secondary N) is 1. The van der Waals surface area contributed by atoms with Gasteiger partial charge in [0, 0.05) is 12.2 Å². The number of aliphatic carboxylic acids is 1. The Labute approximate surface area is 205 Å². The molecule has 33 heavy (non-hydrogen) atoms. The van der Waals surface area contributed by atoms with Crippen LogP contribution in [0, 0.1) is 46.3 Å². The van der Waals surface area contributed by atoms with Crippen LogP contribution >= 0.6 is 12.6 Å². The lowest BCUT2D eigenvalue weighted by atomic mass is 9.44. The van der Waals surface area contributed by atoms with Crippen molar-refractivity contribution in [2.45, 2.75) is 104 Å². The monoisotopic (exact) mass is 479 g/mol. The quantitative estimate of drug-likeness (QED) is 0.390. The van der Waals surface area contributed by atoms with E-state index in [1.165, 1.54) is 44.9 Å². The van der Waals surface area contributed by atoms with E-state index in [2.05, 4.69) is 38.7 Å². The fourth-order valence-corrected chi connectivity index (χ4v) is 9.47. The Balaban J connectivity index is 1.38. The van der Waals surface area contributed by atoms with Gasteiger partial charge in [0.1, 0.15) is 6.04 Å². The van der Waals surface area contributed by atoms with Gasteiger partial charge >= 0.3 is 5.97 Å². The molecule has 0 bridgehead atoms. The van der Waals surface area contributed by atoms with Crippen LogP contribution in [0.3, 0.4) is 0 Å². The maximum Gasteiger partial charge on any atom is 0.327 e. The largest absolute Gasteiger partial charge is 0.480 e. The molecule has 0 aliphatic heterocycles. The number of carbonyl (C=O) groups is 2. The summed E-state index contributed by atoms with van der Waals surface area (Å²) in [6.07, 6.45) is 12.2. The average molecular weight is 480 g/mol. The predicted molar refractivity (Wildman–Crippen MR) is 133 cm³/mol. The van der Waals surface area contributed by atoms with Crippen LogP contribution in [-0.4, -0.2) is 40.0 Å². The zero-order valence-electron chi connectivity index (χ0n) is 20.8. The molecular weight excluding hydrogens is 434 g/mol. The van der Waals surface area contributed by atoms with Crippen molar-refractivity contribution in [3.63, 3.8) is 0 Å². The van der Waals surface area contributed by atoms with E-state index >= 15 is 0 Å². The van der Waals surface area contributed by atoms with Crippen molar-refractivity contribution in [3.05, 3.63) is 0 Å². The van der Waals surface area contributed by atoms with Crippen molar-refractivity contribution in [3.8, 4) is 0 Å². The number of carboxylic acid groups (broad SMARTS) is 1. The second-order valence-electron chi connectivity index (χ2n) is 12.5. The van der Waals surface area contributed by atoms with Crippen LogP contribution in [0.5, 0.6) is 0 Å². The Hall–Kier alpha value is -0.750. The van der Waals surface area contributed by atoms with Crippen LogP contribution in [0.15, 0.2) is 0 Å². The van der Waals surface area contributed by atoms with Crippen molar-refractivity contribution in [2.75, 3.05) is 5.75 Å². The molecule has 1 amide bonds. The number of hydrogen-bond acceptors (Lipinski definition) is 4. The van der Waals surface area contributed by atoms with Crippen LogP contribution in [0.1, 0.15) is 91.4 Å². The van der Waals surface area contributed by atoms with Crippen molar-refractivity contribution in [1.82, 2.24) is 5.32 Å². The summed E-state index contributed by atoms with van der Waals surface area (Å²) < 4.78 is 0. The molecule has 0 heterocycles. The first-order valence-electron chi connectivity index (χ1n) is 13.4. The summed E-state index contributed by atoms with van der Waals surface area (Å²) in [5, 5.41) is 22.0.